The number of likely N-dealkylation sites (tertiary alicyclic amines) is 1. The highest BCUT2D eigenvalue weighted by Crippen LogP contribution is 2.24. The van der Waals surface area contributed by atoms with Crippen molar-refractivity contribution in [1.29, 1.82) is 0 Å². The molecule has 0 radical (unpaired) electrons. The van der Waals surface area contributed by atoms with Crippen LogP contribution in [-0.2, 0) is 20.7 Å². The van der Waals surface area contributed by atoms with Crippen LogP contribution in [-0.4, -0.2) is 59.4 Å². The minimum Gasteiger partial charge on any atom is -0.368 e. The van der Waals surface area contributed by atoms with Gasteiger partial charge in [-0.05, 0) is 55.2 Å². The monoisotopic (exact) mass is 427 g/mol. The molecule has 4 rings (SSSR count). The number of hydrogen-bond acceptors (Lipinski definition) is 4. The number of rotatable bonds is 5. The molecule has 3 heterocycles. The summed E-state index contributed by atoms with van der Waals surface area (Å²) in [6.45, 7) is 4.25. The van der Waals surface area contributed by atoms with Crippen LogP contribution in [0.5, 0.6) is 0 Å². The lowest BCUT2D eigenvalue weighted by atomic mass is 10.0. The molecule has 1 aromatic heterocycles. The molecule has 0 unspecified atom stereocenters. The number of carbonyl (C=O) groups excluding carboxylic acids is 2. The number of nitrogens with zero attached hydrogens (tertiary/aromatic N) is 3. The van der Waals surface area contributed by atoms with Gasteiger partial charge in [0.05, 0.1) is 25.4 Å². The van der Waals surface area contributed by atoms with E-state index in [0.29, 0.717) is 32.7 Å². The fourth-order valence-electron chi connectivity index (χ4n) is 4.11. The average molecular weight is 428 g/mol. The van der Waals surface area contributed by atoms with E-state index in [-0.39, 0.29) is 24.5 Å². The Bertz CT molecular complexity index is 949. The topological polar surface area (TPSA) is 62.7 Å². The number of carbonyl (C=O) groups is 2. The second-order valence-corrected chi connectivity index (χ2v) is 8.40. The number of pyridine rings is 1. The molecule has 2 fully saturated rings. The van der Waals surface area contributed by atoms with E-state index in [1.54, 1.807) is 9.80 Å². The van der Waals surface area contributed by atoms with Gasteiger partial charge in [0.25, 0.3) is 0 Å². The average Bonchev–Trinajstić information content (AvgIpc) is 3.12. The van der Waals surface area contributed by atoms with Gasteiger partial charge in [-0.3, -0.25) is 14.6 Å². The van der Waals surface area contributed by atoms with Crippen LogP contribution < -0.4 is 0 Å². The van der Waals surface area contributed by atoms with Crippen LogP contribution >= 0.6 is 11.6 Å². The van der Waals surface area contributed by atoms with Crippen LogP contribution in [0.4, 0.5) is 0 Å². The van der Waals surface area contributed by atoms with Gasteiger partial charge in [-0.1, -0.05) is 23.7 Å². The number of aryl methyl sites for hydroxylation is 1. The Balaban J connectivity index is 1.45. The minimum atomic E-state index is -0.269. The lowest BCUT2D eigenvalue weighted by Gasteiger charge is -2.34. The first kappa shape index (κ1) is 20.8. The van der Waals surface area contributed by atoms with Crippen molar-refractivity contribution in [1.82, 2.24) is 14.8 Å². The summed E-state index contributed by atoms with van der Waals surface area (Å²) in [7, 11) is 0. The number of halogens is 1. The molecule has 0 saturated carbocycles. The Hall–Kier alpha value is -2.44. The third kappa shape index (κ3) is 4.99. The molecule has 158 valence electrons. The molecule has 0 spiro atoms. The van der Waals surface area contributed by atoms with Gasteiger partial charge >= 0.3 is 0 Å². The second-order valence-electron chi connectivity index (χ2n) is 7.97. The number of benzene rings is 1. The van der Waals surface area contributed by atoms with Gasteiger partial charge in [0, 0.05) is 30.2 Å². The van der Waals surface area contributed by atoms with E-state index >= 15 is 0 Å². The number of amides is 2. The maximum atomic E-state index is 12.7. The van der Waals surface area contributed by atoms with E-state index in [9.17, 15) is 9.59 Å². The smallest absolute Gasteiger partial charge is 0.242 e. The van der Waals surface area contributed by atoms with Gasteiger partial charge in [-0.25, -0.2) is 0 Å². The molecule has 0 N–H and O–H groups in total. The number of morpholine rings is 1. The number of hydrogen-bond donors (Lipinski definition) is 0. The van der Waals surface area contributed by atoms with E-state index in [2.05, 4.69) is 23.2 Å². The van der Waals surface area contributed by atoms with Gasteiger partial charge in [0.15, 0.2) is 0 Å². The predicted molar refractivity (Wildman–Crippen MR) is 114 cm³/mol. The second kappa shape index (κ2) is 9.14. The molecule has 2 aliphatic rings. The van der Waals surface area contributed by atoms with Gasteiger partial charge in [0.1, 0.15) is 6.10 Å². The van der Waals surface area contributed by atoms with E-state index in [1.807, 2.05) is 25.1 Å². The third-order valence-corrected chi connectivity index (χ3v) is 5.81. The molecule has 2 saturated heterocycles. The van der Waals surface area contributed by atoms with Gasteiger partial charge in [0.2, 0.25) is 11.8 Å². The predicted octanol–water partition coefficient (Wildman–Crippen LogP) is 3.16. The van der Waals surface area contributed by atoms with Crippen LogP contribution in [0.2, 0.25) is 5.02 Å². The minimum absolute atomic E-state index is 0.0228. The van der Waals surface area contributed by atoms with Crippen molar-refractivity contribution in [3.8, 4) is 0 Å². The Morgan fingerprint density at radius 1 is 1.23 bits per heavy atom. The highest BCUT2D eigenvalue weighted by molar-refractivity contribution is 6.30. The Kier molecular flexibility index (Phi) is 6.35. The van der Waals surface area contributed by atoms with Crippen molar-refractivity contribution in [2.45, 2.75) is 32.3 Å². The summed E-state index contributed by atoms with van der Waals surface area (Å²) in [5.74, 6) is 0.0459. The summed E-state index contributed by atoms with van der Waals surface area (Å²) in [5, 5.41) is 0.722. The SMILES string of the molecule is Cc1cc(Cc2cccc(Cl)c2)cc([C@@H]2CN(C(=O)CN3CCCC3=O)CCO2)n1. The zero-order valence-electron chi connectivity index (χ0n) is 17.1. The van der Waals surface area contributed by atoms with E-state index < -0.39 is 0 Å². The van der Waals surface area contributed by atoms with Crippen molar-refractivity contribution < 1.29 is 14.3 Å². The van der Waals surface area contributed by atoms with Crippen LogP contribution in [0.3, 0.4) is 0 Å². The summed E-state index contributed by atoms with van der Waals surface area (Å²) in [5.41, 5.74) is 4.02. The lowest BCUT2D eigenvalue weighted by Crippen LogP contribution is -2.47. The normalized spacial score (nSPS) is 19.4. The molecule has 30 heavy (non-hydrogen) atoms. The summed E-state index contributed by atoms with van der Waals surface area (Å²) in [6.07, 6.45) is 1.86. The van der Waals surface area contributed by atoms with Crippen LogP contribution in [0.1, 0.15) is 41.5 Å². The van der Waals surface area contributed by atoms with Gasteiger partial charge < -0.3 is 14.5 Å². The van der Waals surface area contributed by atoms with Crippen LogP contribution in [0.15, 0.2) is 36.4 Å². The summed E-state index contributed by atoms with van der Waals surface area (Å²) < 4.78 is 5.96. The number of ether oxygens (including phenoxy) is 1. The molecule has 2 amide bonds. The Morgan fingerprint density at radius 3 is 2.87 bits per heavy atom. The maximum absolute atomic E-state index is 12.7. The van der Waals surface area contributed by atoms with Gasteiger partial charge in [-0.15, -0.1) is 0 Å². The van der Waals surface area contributed by atoms with Crippen molar-refractivity contribution in [2.75, 3.05) is 32.8 Å². The molecule has 1 atom stereocenters. The highest BCUT2D eigenvalue weighted by Gasteiger charge is 2.29. The van der Waals surface area contributed by atoms with E-state index in [1.165, 1.54) is 0 Å². The molecular weight excluding hydrogens is 402 g/mol. The molecule has 1 aromatic carbocycles. The van der Waals surface area contributed by atoms with Crippen molar-refractivity contribution in [2.24, 2.45) is 0 Å². The zero-order valence-corrected chi connectivity index (χ0v) is 17.9. The highest BCUT2D eigenvalue weighted by atomic mass is 35.5. The molecule has 2 aromatic rings. The Labute approximate surface area is 181 Å². The first-order chi connectivity index (χ1) is 14.5. The molecular formula is C23H26ClN3O3. The summed E-state index contributed by atoms with van der Waals surface area (Å²) in [4.78, 5) is 32.7. The van der Waals surface area contributed by atoms with E-state index in [0.717, 1.165) is 40.4 Å². The van der Waals surface area contributed by atoms with E-state index in [4.69, 9.17) is 16.3 Å². The van der Waals surface area contributed by atoms with Crippen molar-refractivity contribution in [3.05, 3.63) is 63.9 Å². The summed E-state index contributed by atoms with van der Waals surface area (Å²) in [6, 6.07) is 12.0. The summed E-state index contributed by atoms with van der Waals surface area (Å²) >= 11 is 6.12. The van der Waals surface area contributed by atoms with Crippen LogP contribution in [0, 0.1) is 6.92 Å². The number of aromatic nitrogens is 1. The molecule has 6 nitrogen and oxygen atoms in total. The zero-order chi connectivity index (χ0) is 21.1. The fraction of sp³-hybridized carbons (Fsp3) is 0.435. The van der Waals surface area contributed by atoms with Gasteiger partial charge in [-0.2, -0.15) is 0 Å². The van der Waals surface area contributed by atoms with Crippen molar-refractivity contribution >= 4 is 23.4 Å². The quantitative estimate of drug-likeness (QED) is 0.735. The maximum Gasteiger partial charge on any atom is 0.242 e. The largest absolute Gasteiger partial charge is 0.368 e. The molecule has 7 heteroatoms. The molecule has 2 aliphatic heterocycles. The standard InChI is InChI=1S/C23H26ClN3O3/c1-16-10-18(11-17-4-2-5-19(24)12-17)13-20(25-16)21-14-27(8-9-30-21)23(29)15-26-7-3-6-22(26)28/h2,4-5,10,12-13,21H,3,6-9,11,14-15H2,1H3/t21-/m0/s1. The van der Waals surface area contributed by atoms with Crippen LogP contribution in [0.25, 0.3) is 0 Å². The third-order valence-electron chi connectivity index (χ3n) is 5.58. The fourth-order valence-corrected chi connectivity index (χ4v) is 4.32. The Morgan fingerprint density at radius 2 is 2.10 bits per heavy atom. The first-order valence-electron chi connectivity index (χ1n) is 10.4. The molecule has 0 aliphatic carbocycles. The van der Waals surface area contributed by atoms with Crippen molar-refractivity contribution in [3.63, 3.8) is 0 Å². The first-order valence-corrected chi connectivity index (χ1v) is 10.7. The lowest BCUT2D eigenvalue weighted by molar-refractivity contribution is -0.143. The molecule has 0 bridgehead atoms.